The van der Waals surface area contributed by atoms with Crippen molar-refractivity contribution in [1.82, 2.24) is 9.97 Å². The standard InChI is InChI=1S/C14H9N3OS/c1-9-17-12-7-11(4-5-13(12)19-9)18-14-10(8-15)3-2-6-16-14/h2-7H,1H3. The Morgan fingerprint density at radius 2 is 2.21 bits per heavy atom. The highest BCUT2D eigenvalue weighted by Gasteiger charge is 2.07. The van der Waals surface area contributed by atoms with Gasteiger partial charge in [0.2, 0.25) is 5.88 Å². The molecule has 1 aromatic carbocycles. The molecule has 2 aromatic heterocycles. The third kappa shape index (κ3) is 2.26. The van der Waals surface area contributed by atoms with Crippen LogP contribution in [0, 0.1) is 18.3 Å². The van der Waals surface area contributed by atoms with Gasteiger partial charge in [-0.25, -0.2) is 9.97 Å². The van der Waals surface area contributed by atoms with Crippen LogP contribution in [0.25, 0.3) is 10.2 Å². The van der Waals surface area contributed by atoms with E-state index in [0.29, 0.717) is 17.2 Å². The number of hydrogen-bond donors (Lipinski definition) is 0. The topological polar surface area (TPSA) is 58.8 Å². The lowest BCUT2D eigenvalue weighted by molar-refractivity contribution is 0.462. The van der Waals surface area contributed by atoms with Crippen LogP contribution in [0.4, 0.5) is 0 Å². The molecule has 92 valence electrons. The van der Waals surface area contributed by atoms with Crippen molar-refractivity contribution in [2.45, 2.75) is 6.92 Å². The highest BCUT2D eigenvalue weighted by molar-refractivity contribution is 7.18. The van der Waals surface area contributed by atoms with E-state index in [1.165, 1.54) is 0 Å². The third-order valence-electron chi connectivity index (χ3n) is 2.57. The molecule has 0 N–H and O–H groups in total. The van der Waals surface area contributed by atoms with Gasteiger partial charge < -0.3 is 4.74 Å². The number of ether oxygens (including phenoxy) is 1. The van der Waals surface area contributed by atoms with Crippen molar-refractivity contribution in [1.29, 1.82) is 5.26 Å². The number of pyridine rings is 1. The zero-order valence-corrected chi connectivity index (χ0v) is 10.9. The van der Waals surface area contributed by atoms with Crippen molar-refractivity contribution in [2.75, 3.05) is 0 Å². The molecule has 4 nitrogen and oxygen atoms in total. The van der Waals surface area contributed by atoms with Crippen molar-refractivity contribution in [3.8, 4) is 17.7 Å². The first-order valence-corrected chi connectivity index (χ1v) is 6.48. The minimum Gasteiger partial charge on any atom is -0.438 e. The highest BCUT2D eigenvalue weighted by atomic mass is 32.1. The fraction of sp³-hybridized carbons (Fsp3) is 0.0714. The second kappa shape index (κ2) is 4.67. The minimum absolute atomic E-state index is 0.316. The van der Waals surface area contributed by atoms with Crippen LogP contribution in [-0.2, 0) is 0 Å². The number of thiazole rings is 1. The van der Waals surface area contributed by atoms with Crippen LogP contribution in [0.5, 0.6) is 11.6 Å². The zero-order valence-electron chi connectivity index (χ0n) is 10.1. The van der Waals surface area contributed by atoms with Crippen LogP contribution in [0.1, 0.15) is 10.6 Å². The summed E-state index contributed by atoms with van der Waals surface area (Å²) in [5.74, 6) is 0.948. The lowest BCUT2D eigenvalue weighted by atomic mass is 10.3. The Balaban J connectivity index is 1.99. The Morgan fingerprint density at radius 1 is 1.32 bits per heavy atom. The second-order valence-electron chi connectivity index (χ2n) is 3.93. The minimum atomic E-state index is 0.316. The Kier molecular flexibility index (Phi) is 2.86. The number of aromatic nitrogens is 2. The van der Waals surface area contributed by atoms with E-state index in [9.17, 15) is 0 Å². The molecular weight excluding hydrogens is 258 g/mol. The highest BCUT2D eigenvalue weighted by Crippen LogP contribution is 2.28. The molecule has 19 heavy (non-hydrogen) atoms. The Hall–Kier alpha value is -2.45. The average molecular weight is 267 g/mol. The molecule has 0 unspecified atom stereocenters. The number of nitriles is 1. The van der Waals surface area contributed by atoms with Gasteiger partial charge in [-0.05, 0) is 31.2 Å². The van der Waals surface area contributed by atoms with Gasteiger partial charge in [-0.3, -0.25) is 0 Å². The molecule has 3 aromatic rings. The number of benzene rings is 1. The molecule has 3 rings (SSSR count). The quantitative estimate of drug-likeness (QED) is 0.711. The van der Waals surface area contributed by atoms with Crippen molar-refractivity contribution < 1.29 is 4.74 Å². The first-order chi connectivity index (χ1) is 9.26. The van der Waals surface area contributed by atoms with Gasteiger partial charge in [0, 0.05) is 12.3 Å². The van der Waals surface area contributed by atoms with E-state index in [-0.39, 0.29) is 0 Å². The van der Waals surface area contributed by atoms with E-state index < -0.39 is 0 Å². The van der Waals surface area contributed by atoms with E-state index in [2.05, 4.69) is 16.0 Å². The van der Waals surface area contributed by atoms with Gasteiger partial charge in [-0.15, -0.1) is 11.3 Å². The summed E-state index contributed by atoms with van der Waals surface area (Å²) in [4.78, 5) is 8.48. The molecule has 0 fully saturated rings. The van der Waals surface area contributed by atoms with Crippen LogP contribution >= 0.6 is 11.3 Å². The van der Waals surface area contributed by atoms with Crippen molar-refractivity contribution in [2.24, 2.45) is 0 Å². The number of rotatable bonds is 2. The molecule has 0 aliphatic carbocycles. The normalized spacial score (nSPS) is 10.3. The van der Waals surface area contributed by atoms with Crippen LogP contribution in [-0.4, -0.2) is 9.97 Å². The van der Waals surface area contributed by atoms with Crippen LogP contribution < -0.4 is 4.74 Å². The molecule has 0 radical (unpaired) electrons. The van der Waals surface area contributed by atoms with E-state index in [1.807, 2.05) is 25.1 Å². The smallest absolute Gasteiger partial charge is 0.237 e. The van der Waals surface area contributed by atoms with E-state index in [1.54, 1.807) is 29.7 Å². The first kappa shape index (κ1) is 11.6. The van der Waals surface area contributed by atoms with Gasteiger partial charge >= 0.3 is 0 Å². The van der Waals surface area contributed by atoms with E-state index >= 15 is 0 Å². The predicted octanol–water partition coefficient (Wildman–Crippen LogP) is 3.66. The fourth-order valence-corrected chi connectivity index (χ4v) is 2.56. The molecule has 2 heterocycles. The summed E-state index contributed by atoms with van der Waals surface area (Å²) < 4.78 is 6.77. The monoisotopic (exact) mass is 267 g/mol. The molecule has 0 amide bonds. The number of fused-ring (bicyclic) bond motifs is 1. The molecule has 0 aliphatic rings. The molecular formula is C14H9N3OS. The largest absolute Gasteiger partial charge is 0.438 e. The van der Waals surface area contributed by atoms with E-state index in [0.717, 1.165) is 15.2 Å². The Bertz CT molecular complexity index is 789. The maximum absolute atomic E-state index is 8.99. The van der Waals surface area contributed by atoms with Crippen LogP contribution in [0.2, 0.25) is 0 Å². The molecule has 0 spiro atoms. The fourth-order valence-electron chi connectivity index (χ4n) is 1.75. The molecule has 0 saturated heterocycles. The summed E-state index contributed by atoms with van der Waals surface area (Å²) in [5.41, 5.74) is 1.31. The first-order valence-electron chi connectivity index (χ1n) is 5.66. The summed E-state index contributed by atoms with van der Waals surface area (Å²) in [6.07, 6.45) is 1.60. The average Bonchev–Trinajstić information content (AvgIpc) is 2.79. The van der Waals surface area contributed by atoms with Gasteiger partial charge in [0.15, 0.2) is 0 Å². The lowest BCUT2D eigenvalue weighted by Gasteiger charge is -2.05. The summed E-state index contributed by atoms with van der Waals surface area (Å²) in [6.45, 7) is 1.97. The number of aryl methyl sites for hydroxylation is 1. The summed E-state index contributed by atoms with van der Waals surface area (Å²) in [6, 6.07) is 11.1. The second-order valence-corrected chi connectivity index (χ2v) is 5.17. The van der Waals surface area contributed by atoms with Crippen molar-refractivity contribution in [3.63, 3.8) is 0 Å². The van der Waals surface area contributed by atoms with Gasteiger partial charge in [0.05, 0.1) is 15.2 Å². The van der Waals surface area contributed by atoms with Gasteiger partial charge in [-0.2, -0.15) is 5.26 Å². The third-order valence-corrected chi connectivity index (χ3v) is 3.52. The van der Waals surface area contributed by atoms with Gasteiger partial charge in [0.1, 0.15) is 17.4 Å². The number of nitrogens with zero attached hydrogens (tertiary/aromatic N) is 3. The summed E-state index contributed by atoms with van der Waals surface area (Å²) in [5, 5.41) is 10.0. The molecule has 0 atom stereocenters. The maximum Gasteiger partial charge on any atom is 0.237 e. The Labute approximate surface area is 113 Å². The van der Waals surface area contributed by atoms with Crippen LogP contribution in [0.15, 0.2) is 36.5 Å². The summed E-state index contributed by atoms with van der Waals surface area (Å²) in [7, 11) is 0. The SMILES string of the molecule is Cc1nc2cc(Oc3ncccc3C#N)ccc2s1. The predicted molar refractivity (Wildman–Crippen MR) is 73.4 cm³/mol. The lowest BCUT2D eigenvalue weighted by Crippen LogP contribution is -1.90. The van der Waals surface area contributed by atoms with Gasteiger partial charge in [0.25, 0.3) is 0 Å². The van der Waals surface area contributed by atoms with E-state index in [4.69, 9.17) is 10.00 Å². The van der Waals surface area contributed by atoms with Crippen molar-refractivity contribution in [3.05, 3.63) is 47.1 Å². The Morgan fingerprint density at radius 3 is 3.05 bits per heavy atom. The molecule has 5 heteroatoms. The van der Waals surface area contributed by atoms with Crippen LogP contribution in [0.3, 0.4) is 0 Å². The van der Waals surface area contributed by atoms with Gasteiger partial charge in [-0.1, -0.05) is 0 Å². The zero-order chi connectivity index (χ0) is 13.2. The van der Waals surface area contributed by atoms with Crippen molar-refractivity contribution >= 4 is 21.6 Å². The molecule has 0 bridgehead atoms. The summed E-state index contributed by atoms with van der Waals surface area (Å²) >= 11 is 1.64. The molecule has 0 aliphatic heterocycles. The molecule has 0 saturated carbocycles. The maximum atomic E-state index is 8.99. The number of hydrogen-bond acceptors (Lipinski definition) is 5.